The van der Waals surface area contributed by atoms with Gasteiger partial charge >= 0.3 is 0 Å². The number of aliphatic carboxylic acids is 1. The Balaban J connectivity index is 2.15. The minimum atomic E-state index is -1.25. The smallest absolute Gasteiger partial charge is 0.251 e. The molecule has 1 atom stereocenters. The van der Waals surface area contributed by atoms with Gasteiger partial charge in [-0.05, 0) is 42.3 Å². The largest absolute Gasteiger partial charge is 0.550 e. The molecule has 0 radical (unpaired) electrons. The topological polar surface area (TPSA) is 78.5 Å². The molecule has 2 rings (SSSR count). The highest BCUT2D eigenvalue weighted by atomic mass is 35.5. The summed E-state index contributed by atoms with van der Waals surface area (Å²) in [6.07, 6.45) is 0.562. The lowest BCUT2D eigenvalue weighted by Crippen LogP contribution is -2.34. The van der Waals surface area contributed by atoms with Crippen LogP contribution in [0.5, 0.6) is 5.75 Å². The van der Waals surface area contributed by atoms with Crippen molar-refractivity contribution in [2.24, 2.45) is 0 Å². The Kier molecular flexibility index (Phi) is 6.83. The molecule has 5 nitrogen and oxygen atoms in total. The monoisotopic (exact) mass is 360 g/mol. The highest BCUT2D eigenvalue weighted by Gasteiger charge is 2.16. The molecule has 2 aromatic rings. The van der Waals surface area contributed by atoms with Crippen LogP contribution in [0, 0.1) is 0 Å². The third kappa shape index (κ3) is 5.80. The van der Waals surface area contributed by atoms with E-state index in [-0.39, 0.29) is 6.42 Å². The molecule has 0 heterocycles. The maximum Gasteiger partial charge on any atom is 0.251 e. The van der Waals surface area contributed by atoms with Gasteiger partial charge < -0.3 is 20.0 Å². The van der Waals surface area contributed by atoms with Crippen LogP contribution < -0.4 is 15.2 Å². The quantitative estimate of drug-likeness (QED) is 0.785. The van der Waals surface area contributed by atoms with Gasteiger partial charge in [0.2, 0.25) is 0 Å². The van der Waals surface area contributed by atoms with E-state index >= 15 is 0 Å². The van der Waals surface area contributed by atoms with E-state index in [4.69, 9.17) is 16.3 Å². The fraction of sp³-hybridized carbons (Fsp3) is 0.263. The van der Waals surface area contributed by atoms with Crippen molar-refractivity contribution in [1.82, 2.24) is 5.32 Å². The molecule has 0 aliphatic rings. The van der Waals surface area contributed by atoms with Gasteiger partial charge in [-0.25, -0.2) is 0 Å². The van der Waals surface area contributed by atoms with Crippen molar-refractivity contribution in [2.75, 3.05) is 6.61 Å². The molecule has 1 N–H and O–H groups in total. The average molecular weight is 361 g/mol. The van der Waals surface area contributed by atoms with E-state index in [1.54, 1.807) is 42.5 Å². The van der Waals surface area contributed by atoms with E-state index in [2.05, 4.69) is 5.32 Å². The highest BCUT2D eigenvalue weighted by molar-refractivity contribution is 6.30. The van der Waals surface area contributed by atoms with Crippen molar-refractivity contribution in [3.8, 4) is 5.75 Å². The van der Waals surface area contributed by atoms with Gasteiger partial charge in [0.15, 0.2) is 0 Å². The van der Waals surface area contributed by atoms with Gasteiger partial charge in [0, 0.05) is 23.0 Å². The normalized spacial score (nSPS) is 11.6. The van der Waals surface area contributed by atoms with E-state index in [0.717, 1.165) is 6.42 Å². The molecule has 0 aliphatic heterocycles. The van der Waals surface area contributed by atoms with Crippen molar-refractivity contribution in [2.45, 2.75) is 25.8 Å². The van der Waals surface area contributed by atoms with Crippen LogP contribution >= 0.6 is 11.6 Å². The number of nitrogens with one attached hydrogen (secondary N) is 1. The SMILES string of the molecule is CCCOc1ccc([C@@H](CC(=O)[O-])NC(=O)c2cccc(Cl)c2)cc1. The van der Waals surface area contributed by atoms with Crippen LogP contribution in [0.4, 0.5) is 0 Å². The number of ether oxygens (including phenoxy) is 1. The Labute approximate surface area is 151 Å². The Morgan fingerprint density at radius 3 is 2.52 bits per heavy atom. The van der Waals surface area contributed by atoms with Crippen molar-refractivity contribution >= 4 is 23.5 Å². The molecule has 0 spiro atoms. The molecule has 0 fully saturated rings. The molecular weight excluding hydrogens is 342 g/mol. The first kappa shape index (κ1) is 18.8. The molecule has 0 bridgehead atoms. The highest BCUT2D eigenvalue weighted by Crippen LogP contribution is 2.21. The van der Waals surface area contributed by atoms with E-state index < -0.39 is 17.9 Å². The number of hydrogen-bond donors (Lipinski definition) is 1. The summed E-state index contributed by atoms with van der Waals surface area (Å²) in [7, 11) is 0. The Morgan fingerprint density at radius 2 is 1.92 bits per heavy atom. The number of halogens is 1. The van der Waals surface area contributed by atoms with Crippen molar-refractivity contribution < 1.29 is 19.4 Å². The second kappa shape index (κ2) is 9.08. The Hall–Kier alpha value is -2.53. The molecule has 0 aliphatic carbocycles. The number of amides is 1. The van der Waals surface area contributed by atoms with Gasteiger partial charge in [-0.15, -0.1) is 0 Å². The summed E-state index contributed by atoms with van der Waals surface area (Å²) in [5, 5.41) is 14.2. The number of rotatable bonds is 8. The number of hydrogen-bond acceptors (Lipinski definition) is 4. The second-order valence-electron chi connectivity index (χ2n) is 5.53. The fourth-order valence-electron chi connectivity index (χ4n) is 2.31. The molecule has 0 saturated carbocycles. The molecule has 6 heteroatoms. The molecule has 0 aromatic heterocycles. The van der Waals surface area contributed by atoms with Crippen LogP contribution in [0.25, 0.3) is 0 Å². The summed E-state index contributed by atoms with van der Waals surface area (Å²) in [5.41, 5.74) is 1.02. The zero-order valence-electron chi connectivity index (χ0n) is 13.8. The first-order chi connectivity index (χ1) is 12.0. The number of carbonyl (C=O) groups excluding carboxylic acids is 2. The fourth-order valence-corrected chi connectivity index (χ4v) is 2.50. The molecule has 25 heavy (non-hydrogen) atoms. The van der Waals surface area contributed by atoms with Gasteiger partial charge in [0.1, 0.15) is 5.75 Å². The van der Waals surface area contributed by atoms with Crippen molar-refractivity contribution in [3.63, 3.8) is 0 Å². The predicted octanol–water partition coefficient (Wildman–Crippen LogP) is 2.74. The second-order valence-corrected chi connectivity index (χ2v) is 5.97. The lowest BCUT2D eigenvalue weighted by molar-refractivity contribution is -0.306. The number of carboxylic acids is 1. The van der Waals surface area contributed by atoms with Crippen LogP contribution in [-0.2, 0) is 4.79 Å². The first-order valence-electron chi connectivity index (χ1n) is 7.98. The maximum atomic E-state index is 12.4. The van der Waals surface area contributed by atoms with Gasteiger partial charge in [0.05, 0.1) is 12.6 Å². The van der Waals surface area contributed by atoms with Gasteiger partial charge in [0.25, 0.3) is 5.91 Å². The van der Waals surface area contributed by atoms with E-state index in [0.29, 0.717) is 28.5 Å². The zero-order valence-corrected chi connectivity index (χ0v) is 14.6. The van der Waals surface area contributed by atoms with Crippen LogP contribution in [0.3, 0.4) is 0 Å². The standard InChI is InChI=1S/C19H20ClNO4/c1-2-10-25-16-8-6-13(7-9-16)17(12-18(22)23)21-19(24)14-4-3-5-15(20)11-14/h3-9,11,17H,2,10,12H2,1H3,(H,21,24)(H,22,23)/p-1/t17-/m1/s1. The van der Waals surface area contributed by atoms with Crippen LogP contribution in [0.1, 0.15) is 41.7 Å². The summed E-state index contributed by atoms with van der Waals surface area (Å²) in [6, 6.07) is 12.7. The lowest BCUT2D eigenvalue weighted by Gasteiger charge is -2.20. The third-order valence-electron chi connectivity index (χ3n) is 3.52. The Bertz CT molecular complexity index is 730. The van der Waals surface area contributed by atoms with Gasteiger partial charge in [-0.3, -0.25) is 4.79 Å². The number of carboxylic acid groups (broad SMARTS) is 1. The summed E-state index contributed by atoms with van der Waals surface area (Å²) in [6.45, 7) is 2.61. The van der Waals surface area contributed by atoms with Crippen molar-refractivity contribution in [1.29, 1.82) is 0 Å². The Morgan fingerprint density at radius 1 is 1.20 bits per heavy atom. The molecular formula is C19H19ClNO4-. The van der Waals surface area contributed by atoms with Crippen LogP contribution in [0.15, 0.2) is 48.5 Å². The minimum Gasteiger partial charge on any atom is -0.550 e. The summed E-state index contributed by atoms with van der Waals surface area (Å²) >= 11 is 5.89. The molecule has 132 valence electrons. The summed E-state index contributed by atoms with van der Waals surface area (Å²) < 4.78 is 5.50. The lowest BCUT2D eigenvalue weighted by atomic mass is 10.0. The molecule has 0 unspecified atom stereocenters. The number of benzene rings is 2. The maximum absolute atomic E-state index is 12.4. The van der Waals surface area contributed by atoms with E-state index in [9.17, 15) is 14.7 Å². The van der Waals surface area contributed by atoms with Gasteiger partial charge in [-0.1, -0.05) is 36.7 Å². The van der Waals surface area contributed by atoms with E-state index in [1.807, 2.05) is 6.92 Å². The average Bonchev–Trinajstić information content (AvgIpc) is 2.59. The first-order valence-corrected chi connectivity index (χ1v) is 8.36. The molecule has 0 saturated heterocycles. The number of carbonyl (C=O) groups is 2. The summed E-state index contributed by atoms with van der Waals surface area (Å²) in [5.74, 6) is -0.957. The van der Waals surface area contributed by atoms with Crippen molar-refractivity contribution in [3.05, 3.63) is 64.7 Å². The van der Waals surface area contributed by atoms with E-state index in [1.165, 1.54) is 6.07 Å². The third-order valence-corrected chi connectivity index (χ3v) is 3.75. The predicted molar refractivity (Wildman–Crippen MR) is 93.5 cm³/mol. The zero-order chi connectivity index (χ0) is 18.2. The van der Waals surface area contributed by atoms with Crippen LogP contribution in [-0.4, -0.2) is 18.5 Å². The molecule has 2 aromatic carbocycles. The molecule has 1 amide bonds. The summed E-state index contributed by atoms with van der Waals surface area (Å²) in [4.78, 5) is 23.4. The van der Waals surface area contributed by atoms with Crippen LogP contribution in [0.2, 0.25) is 5.02 Å². The minimum absolute atomic E-state index is 0.332. The van der Waals surface area contributed by atoms with Gasteiger partial charge in [-0.2, -0.15) is 0 Å².